The van der Waals surface area contributed by atoms with Crippen molar-refractivity contribution in [2.24, 2.45) is 0 Å². The van der Waals surface area contributed by atoms with Gasteiger partial charge in [-0.15, -0.1) is 0 Å². The molecule has 0 amide bonds. The zero-order chi connectivity index (χ0) is 11.7. The van der Waals surface area contributed by atoms with Gasteiger partial charge >= 0.3 is 0 Å². The zero-order valence-electron chi connectivity index (χ0n) is 10.4. The average molecular weight is 249 g/mol. The fourth-order valence-corrected chi connectivity index (χ4v) is 3.97. The van der Waals surface area contributed by atoms with Gasteiger partial charge in [0.2, 0.25) is 0 Å². The Morgan fingerprint density at radius 3 is 2.00 bits per heavy atom. The highest BCUT2D eigenvalue weighted by Gasteiger charge is 2.22. The highest BCUT2D eigenvalue weighted by molar-refractivity contribution is 6.31. The van der Waals surface area contributed by atoms with Crippen LogP contribution in [0.25, 0.3) is 0 Å². The molecule has 0 radical (unpaired) electrons. The Hall–Kier alpha value is -0.490. The predicted molar refractivity (Wildman–Crippen MR) is 73.9 cm³/mol. The third kappa shape index (κ3) is 2.38. The lowest BCUT2D eigenvalue weighted by Crippen LogP contribution is -1.97. The number of halogens is 1. The standard InChI is InChI=1S/C16H21Cl/c17-16-11-14(12-5-1-2-6-12)9-10-15(16)13-7-3-4-8-13/h9-13H,1-8H2. The van der Waals surface area contributed by atoms with Gasteiger partial charge in [-0.3, -0.25) is 0 Å². The van der Waals surface area contributed by atoms with Crippen LogP contribution in [0.1, 0.15) is 74.3 Å². The summed E-state index contributed by atoms with van der Waals surface area (Å²) < 4.78 is 0. The van der Waals surface area contributed by atoms with Crippen LogP contribution in [0.4, 0.5) is 0 Å². The lowest BCUT2D eigenvalue weighted by Gasteiger charge is -2.15. The molecule has 92 valence electrons. The summed E-state index contributed by atoms with van der Waals surface area (Å²) in [7, 11) is 0. The first-order valence-electron chi connectivity index (χ1n) is 7.14. The summed E-state index contributed by atoms with van der Waals surface area (Å²) in [6.07, 6.45) is 10.9. The fourth-order valence-electron chi connectivity index (χ4n) is 3.62. The molecule has 0 saturated heterocycles. The summed E-state index contributed by atoms with van der Waals surface area (Å²) >= 11 is 6.49. The van der Waals surface area contributed by atoms with E-state index in [1.54, 1.807) is 0 Å². The minimum Gasteiger partial charge on any atom is -0.0840 e. The number of benzene rings is 1. The lowest BCUT2D eigenvalue weighted by atomic mass is 9.92. The van der Waals surface area contributed by atoms with Crippen LogP contribution in [0, 0.1) is 0 Å². The average Bonchev–Trinajstić information content (AvgIpc) is 3.02. The third-order valence-corrected chi connectivity index (χ3v) is 4.97. The van der Waals surface area contributed by atoms with Crippen LogP contribution in [0.3, 0.4) is 0 Å². The predicted octanol–water partition coefficient (Wildman–Crippen LogP) is 5.66. The molecular weight excluding hydrogens is 228 g/mol. The van der Waals surface area contributed by atoms with Gasteiger partial charge in [0.1, 0.15) is 0 Å². The SMILES string of the molecule is Clc1cc(C2CCCC2)ccc1C1CCCC1. The molecule has 0 nitrogen and oxygen atoms in total. The highest BCUT2D eigenvalue weighted by Crippen LogP contribution is 2.40. The summed E-state index contributed by atoms with van der Waals surface area (Å²) in [5.74, 6) is 1.52. The van der Waals surface area contributed by atoms with Gasteiger partial charge in [0.05, 0.1) is 0 Å². The Morgan fingerprint density at radius 1 is 0.824 bits per heavy atom. The van der Waals surface area contributed by atoms with E-state index < -0.39 is 0 Å². The monoisotopic (exact) mass is 248 g/mol. The van der Waals surface area contributed by atoms with Gasteiger partial charge in [-0.1, -0.05) is 49.4 Å². The molecule has 0 aliphatic heterocycles. The molecule has 0 bridgehead atoms. The summed E-state index contributed by atoms with van der Waals surface area (Å²) in [6.45, 7) is 0. The van der Waals surface area contributed by atoms with Gasteiger partial charge < -0.3 is 0 Å². The summed E-state index contributed by atoms with van der Waals surface area (Å²) in [4.78, 5) is 0. The molecule has 2 fully saturated rings. The molecule has 0 heterocycles. The van der Waals surface area contributed by atoms with Crippen molar-refractivity contribution in [1.29, 1.82) is 0 Å². The summed E-state index contributed by atoms with van der Waals surface area (Å²) in [6, 6.07) is 6.91. The molecule has 3 rings (SSSR count). The Kier molecular flexibility index (Phi) is 3.42. The lowest BCUT2D eigenvalue weighted by molar-refractivity contribution is 0.709. The maximum absolute atomic E-state index is 6.49. The second kappa shape index (κ2) is 5.02. The van der Waals surface area contributed by atoms with Crippen LogP contribution in [-0.2, 0) is 0 Å². The van der Waals surface area contributed by atoms with E-state index in [-0.39, 0.29) is 0 Å². The quantitative estimate of drug-likeness (QED) is 0.634. The Morgan fingerprint density at radius 2 is 1.41 bits per heavy atom. The van der Waals surface area contributed by atoms with Crippen LogP contribution in [-0.4, -0.2) is 0 Å². The molecule has 1 aromatic carbocycles. The second-order valence-corrected chi connectivity index (χ2v) is 6.15. The van der Waals surface area contributed by atoms with Crippen LogP contribution >= 0.6 is 11.6 Å². The van der Waals surface area contributed by atoms with E-state index in [1.165, 1.54) is 62.5 Å². The molecule has 2 aliphatic carbocycles. The molecule has 1 aromatic rings. The molecule has 1 heteroatoms. The number of hydrogen-bond acceptors (Lipinski definition) is 0. The van der Waals surface area contributed by atoms with Crippen molar-refractivity contribution in [2.45, 2.75) is 63.2 Å². The van der Waals surface area contributed by atoms with E-state index in [4.69, 9.17) is 11.6 Å². The van der Waals surface area contributed by atoms with E-state index in [9.17, 15) is 0 Å². The molecule has 0 N–H and O–H groups in total. The first kappa shape index (κ1) is 11.6. The van der Waals surface area contributed by atoms with Crippen LogP contribution in [0.2, 0.25) is 5.02 Å². The topological polar surface area (TPSA) is 0 Å². The molecule has 2 aliphatic rings. The van der Waals surface area contributed by atoms with Crippen molar-refractivity contribution < 1.29 is 0 Å². The molecule has 0 atom stereocenters. The molecule has 0 spiro atoms. The Labute approximate surface area is 109 Å². The van der Waals surface area contributed by atoms with Gasteiger partial charge in [0.15, 0.2) is 0 Å². The smallest absolute Gasteiger partial charge is 0.0443 e. The fraction of sp³-hybridized carbons (Fsp3) is 0.625. The first-order chi connectivity index (χ1) is 8.34. The van der Waals surface area contributed by atoms with E-state index in [2.05, 4.69) is 18.2 Å². The van der Waals surface area contributed by atoms with Gasteiger partial charge in [0, 0.05) is 5.02 Å². The van der Waals surface area contributed by atoms with E-state index >= 15 is 0 Å². The van der Waals surface area contributed by atoms with Gasteiger partial charge in [-0.25, -0.2) is 0 Å². The normalized spacial score (nSPS) is 22.4. The number of rotatable bonds is 2. The van der Waals surface area contributed by atoms with Crippen molar-refractivity contribution in [3.05, 3.63) is 34.3 Å². The van der Waals surface area contributed by atoms with Crippen molar-refractivity contribution in [3.8, 4) is 0 Å². The highest BCUT2D eigenvalue weighted by atomic mass is 35.5. The summed E-state index contributed by atoms with van der Waals surface area (Å²) in [5.41, 5.74) is 2.89. The Bertz CT molecular complexity index is 385. The van der Waals surface area contributed by atoms with Gasteiger partial charge in [-0.2, -0.15) is 0 Å². The molecule has 0 aromatic heterocycles. The van der Waals surface area contributed by atoms with E-state index in [0.29, 0.717) is 0 Å². The first-order valence-corrected chi connectivity index (χ1v) is 7.52. The van der Waals surface area contributed by atoms with Crippen LogP contribution in [0.15, 0.2) is 18.2 Å². The maximum atomic E-state index is 6.49. The summed E-state index contributed by atoms with van der Waals surface area (Å²) in [5, 5.41) is 1.03. The van der Waals surface area contributed by atoms with Crippen molar-refractivity contribution in [2.75, 3.05) is 0 Å². The number of hydrogen-bond donors (Lipinski definition) is 0. The van der Waals surface area contributed by atoms with Gasteiger partial charge in [-0.05, 0) is 54.7 Å². The zero-order valence-corrected chi connectivity index (χ0v) is 11.2. The minimum absolute atomic E-state index is 0.736. The third-order valence-electron chi connectivity index (χ3n) is 4.65. The molecule has 2 saturated carbocycles. The van der Waals surface area contributed by atoms with Gasteiger partial charge in [0.25, 0.3) is 0 Å². The van der Waals surface area contributed by atoms with Crippen molar-refractivity contribution in [1.82, 2.24) is 0 Å². The molecule has 0 unspecified atom stereocenters. The Balaban J connectivity index is 1.82. The van der Waals surface area contributed by atoms with Crippen LogP contribution in [0.5, 0.6) is 0 Å². The second-order valence-electron chi connectivity index (χ2n) is 5.74. The largest absolute Gasteiger partial charge is 0.0840 e. The minimum atomic E-state index is 0.736. The molecular formula is C16H21Cl. The van der Waals surface area contributed by atoms with E-state index in [0.717, 1.165) is 16.9 Å². The van der Waals surface area contributed by atoms with Crippen molar-refractivity contribution >= 4 is 11.6 Å². The maximum Gasteiger partial charge on any atom is 0.0443 e. The molecule has 17 heavy (non-hydrogen) atoms. The van der Waals surface area contributed by atoms with E-state index in [1.807, 2.05) is 0 Å². The van der Waals surface area contributed by atoms with Crippen LogP contribution < -0.4 is 0 Å². The van der Waals surface area contributed by atoms with Crippen molar-refractivity contribution in [3.63, 3.8) is 0 Å².